The van der Waals surface area contributed by atoms with Crippen molar-refractivity contribution < 1.29 is 14.3 Å². The van der Waals surface area contributed by atoms with E-state index in [2.05, 4.69) is 23.1 Å². The van der Waals surface area contributed by atoms with Gasteiger partial charge in [0, 0.05) is 36.8 Å². The number of nitrogens with zero attached hydrogens (tertiary/aromatic N) is 3. The molecule has 0 fully saturated rings. The first-order chi connectivity index (χ1) is 15.5. The predicted molar refractivity (Wildman–Crippen MR) is 131 cm³/mol. The van der Waals surface area contributed by atoms with Crippen LogP contribution in [0, 0.1) is 6.92 Å². The van der Waals surface area contributed by atoms with Gasteiger partial charge in [-0.25, -0.2) is 4.79 Å². The molecular formula is C26H30N4O3. The molecule has 0 saturated heterocycles. The Morgan fingerprint density at radius 2 is 1.91 bits per heavy atom. The van der Waals surface area contributed by atoms with Crippen molar-refractivity contribution in [1.82, 2.24) is 14.7 Å². The van der Waals surface area contributed by atoms with E-state index in [9.17, 15) is 9.59 Å². The summed E-state index contributed by atoms with van der Waals surface area (Å²) in [7, 11) is 1.84. The van der Waals surface area contributed by atoms with Gasteiger partial charge in [-0.1, -0.05) is 18.2 Å². The quantitative estimate of drug-likeness (QED) is 0.546. The second-order valence-corrected chi connectivity index (χ2v) is 9.63. The molecule has 4 rings (SSSR count). The summed E-state index contributed by atoms with van der Waals surface area (Å²) < 4.78 is 6.82. The molecule has 0 spiro atoms. The Bertz CT molecular complexity index is 1300. The van der Waals surface area contributed by atoms with E-state index >= 15 is 0 Å². The van der Waals surface area contributed by atoms with Gasteiger partial charge in [0.1, 0.15) is 5.60 Å². The number of rotatable bonds is 4. The summed E-state index contributed by atoms with van der Waals surface area (Å²) in [6.45, 7) is 14.3. The topological polar surface area (TPSA) is 76.5 Å². The zero-order valence-electron chi connectivity index (χ0n) is 20.1. The number of fused-ring (bicyclic) bond motifs is 2. The molecule has 0 radical (unpaired) electrons. The van der Waals surface area contributed by atoms with Crippen LogP contribution in [0.2, 0.25) is 0 Å². The van der Waals surface area contributed by atoms with Crippen LogP contribution < -0.4 is 5.32 Å². The fourth-order valence-electron chi connectivity index (χ4n) is 4.20. The molecule has 3 aromatic rings. The molecule has 1 N–H and O–H groups in total. The van der Waals surface area contributed by atoms with Gasteiger partial charge in [0.25, 0.3) is 5.91 Å². The van der Waals surface area contributed by atoms with Crippen molar-refractivity contribution >= 4 is 28.6 Å². The standard InChI is InChI=1S/C26H30N4O3/c1-15(2)13-29-14-22-20(11-18(27-7)12-21(22)24(29)31)17-8-9-23-19(10-17)16(3)28-30(23)25(32)33-26(4,5)6/h8-12,27H,1,13-14H2,2-7H3. The highest BCUT2D eigenvalue weighted by Gasteiger charge is 2.30. The molecule has 1 aliphatic heterocycles. The van der Waals surface area contributed by atoms with Crippen LogP contribution in [0.3, 0.4) is 0 Å². The third-order valence-corrected chi connectivity index (χ3v) is 5.61. The number of anilines is 1. The van der Waals surface area contributed by atoms with Crippen molar-refractivity contribution in [3.63, 3.8) is 0 Å². The first kappa shape index (κ1) is 22.6. The van der Waals surface area contributed by atoms with Crippen molar-refractivity contribution in [2.24, 2.45) is 0 Å². The molecule has 1 amide bonds. The first-order valence-electron chi connectivity index (χ1n) is 11.0. The number of aryl methyl sites for hydroxylation is 1. The summed E-state index contributed by atoms with van der Waals surface area (Å²) >= 11 is 0. The molecular weight excluding hydrogens is 416 g/mol. The molecule has 0 aliphatic carbocycles. The Hall–Kier alpha value is -3.61. The number of carbonyl (C=O) groups is 2. The lowest BCUT2D eigenvalue weighted by molar-refractivity contribution is 0.0522. The van der Waals surface area contributed by atoms with Crippen LogP contribution >= 0.6 is 0 Å². The first-order valence-corrected chi connectivity index (χ1v) is 11.0. The van der Waals surface area contributed by atoms with Gasteiger partial charge in [0.15, 0.2) is 0 Å². The Balaban J connectivity index is 1.81. The van der Waals surface area contributed by atoms with Crippen LogP contribution in [-0.2, 0) is 11.3 Å². The molecule has 33 heavy (non-hydrogen) atoms. The third-order valence-electron chi connectivity index (χ3n) is 5.61. The van der Waals surface area contributed by atoms with Crippen molar-refractivity contribution in [1.29, 1.82) is 0 Å². The second-order valence-electron chi connectivity index (χ2n) is 9.63. The maximum atomic E-state index is 13.0. The van der Waals surface area contributed by atoms with E-state index in [1.807, 2.05) is 70.8 Å². The van der Waals surface area contributed by atoms with Crippen molar-refractivity contribution in [3.8, 4) is 11.1 Å². The number of hydrogen-bond donors (Lipinski definition) is 1. The van der Waals surface area contributed by atoms with E-state index in [-0.39, 0.29) is 5.91 Å². The summed E-state index contributed by atoms with van der Waals surface area (Å²) in [6.07, 6.45) is -0.507. The predicted octanol–water partition coefficient (Wildman–Crippen LogP) is 5.37. The lowest BCUT2D eigenvalue weighted by Gasteiger charge is -2.19. The SMILES string of the molecule is C=C(C)CN1Cc2c(cc(NC)cc2-c2ccc3c(c2)c(C)nn3C(=O)OC(C)(C)C)C1=O. The number of amides is 1. The fraction of sp³-hybridized carbons (Fsp3) is 0.346. The summed E-state index contributed by atoms with van der Waals surface area (Å²) in [5.74, 6) is 0.0151. The minimum absolute atomic E-state index is 0.0151. The molecule has 1 aromatic heterocycles. The zero-order valence-corrected chi connectivity index (χ0v) is 20.1. The van der Waals surface area contributed by atoms with Gasteiger partial charge in [0.05, 0.1) is 11.2 Å². The molecule has 0 unspecified atom stereocenters. The van der Waals surface area contributed by atoms with Crippen LogP contribution in [0.15, 0.2) is 42.5 Å². The van der Waals surface area contributed by atoms with Crippen LogP contribution in [-0.4, -0.2) is 45.9 Å². The van der Waals surface area contributed by atoms with Gasteiger partial charge in [-0.15, -0.1) is 0 Å². The minimum atomic E-state index is -0.612. The van der Waals surface area contributed by atoms with E-state index in [0.29, 0.717) is 24.2 Å². The number of aromatic nitrogens is 2. The molecule has 7 heteroatoms. The number of benzene rings is 2. The largest absolute Gasteiger partial charge is 0.442 e. The van der Waals surface area contributed by atoms with Gasteiger partial charge in [-0.05, 0) is 75.6 Å². The van der Waals surface area contributed by atoms with Gasteiger partial charge in [0.2, 0.25) is 0 Å². The van der Waals surface area contributed by atoms with Gasteiger partial charge in [-0.3, -0.25) is 4.79 Å². The number of hydrogen-bond acceptors (Lipinski definition) is 5. The molecule has 2 heterocycles. The van der Waals surface area contributed by atoms with Crippen LogP contribution in [0.25, 0.3) is 22.0 Å². The molecule has 7 nitrogen and oxygen atoms in total. The number of nitrogens with one attached hydrogen (secondary N) is 1. The lowest BCUT2D eigenvalue weighted by Crippen LogP contribution is -2.27. The third kappa shape index (κ3) is 4.23. The molecule has 2 aromatic carbocycles. The molecule has 0 saturated carbocycles. The fourth-order valence-corrected chi connectivity index (χ4v) is 4.20. The minimum Gasteiger partial charge on any atom is -0.442 e. The summed E-state index contributed by atoms with van der Waals surface area (Å²) in [5, 5.41) is 8.46. The van der Waals surface area contributed by atoms with Crippen molar-refractivity contribution in [2.45, 2.75) is 46.8 Å². The van der Waals surface area contributed by atoms with Crippen LogP contribution in [0.5, 0.6) is 0 Å². The maximum absolute atomic E-state index is 13.0. The van der Waals surface area contributed by atoms with Crippen LogP contribution in [0.4, 0.5) is 10.5 Å². The summed E-state index contributed by atoms with van der Waals surface area (Å²) in [5.41, 5.74) is 6.28. The average molecular weight is 447 g/mol. The van der Waals surface area contributed by atoms with E-state index in [0.717, 1.165) is 39.0 Å². The second kappa shape index (κ2) is 8.06. The molecule has 0 bridgehead atoms. The Morgan fingerprint density at radius 3 is 2.55 bits per heavy atom. The summed E-state index contributed by atoms with van der Waals surface area (Å²) in [6, 6.07) is 9.84. The lowest BCUT2D eigenvalue weighted by atomic mass is 9.95. The highest BCUT2D eigenvalue weighted by Crippen LogP contribution is 2.37. The van der Waals surface area contributed by atoms with E-state index in [4.69, 9.17) is 4.74 Å². The zero-order chi connectivity index (χ0) is 24.1. The highest BCUT2D eigenvalue weighted by molar-refractivity contribution is 6.02. The maximum Gasteiger partial charge on any atom is 0.435 e. The molecule has 0 atom stereocenters. The van der Waals surface area contributed by atoms with Crippen LogP contribution in [0.1, 0.15) is 49.3 Å². The highest BCUT2D eigenvalue weighted by atomic mass is 16.6. The Labute approximate surface area is 194 Å². The van der Waals surface area contributed by atoms with E-state index < -0.39 is 11.7 Å². The van der Waals surface area contributed by atoms with E-state index in [1.54, 1.807) is 0 Å². The number of carbonyl (C=O) groups excluding carboxylic acids is 2. The van der Waals surface area contributed by atoms with E-state index in [1.165, 1.54) is 4.68 Å². The number of ether oxygens (including phenoxy) is 1. The molecule has 1 aliphatic rings. The Kier molecular flexibility index (Phi) is 5.52. The average Bonchev–Trinajstić information content (AvgIpc) is 3.22. The van der Waals surface area contributed by atoms with Gasteiger partial charge >= 0.3 is 6.09 Å². The monoisotopic (exact) mass is 446 g/mol. The van der Waals surface area contributed by atoms with Gasteiger partial charge < -0.3 is 15.0 Å². The Morgan fingerprint density at radius 1 is 1.21 bits per heavy atom. The van der Waals surface area contributed by atoms with Crippen molar-refractivity contribution in [2.75, 3.05) is 18.9 Å². The van der Waals surface area contributed by atoms with Crippen molar-refractivity contribution in [3.05, 3.63) is 59.3 Å². The summed E-state index contributed by atoms with van der Waals surface area (Å²) in [4.78, 5) is 27.5. The molecule has 172 valence electrons. The normalized spacial score (nSPS) is 13.4. The van der Waals surface area contributed by atoms with Gasteiger partial charge in [-0.2, -0.15) is 9.78 Å². The smallest absolute Gasteiger partial charge is 0.435 e.